The van der Waals surface area contributed by atoms with Crippen LogP contribution in [0.4, 0.5) is 0 Å². The highest BCUT2D eigenvalue weighted by molar-refractivity contribution is 8.00. The first-order valence-electron chi connectivity index (χ1n) is 5.31. The van der Waals surface area contributed by atoms with Crippen molar-refractivity contribution >= 4 is 40.9 Å². The van der Waals surface area contributed by atoms with E-state index in [4.69, 9.17) is 27.9 Å². The lowest BCUT2D eigenvalue weighted by atomic mass is 10.3. The second kappa shape index (κ2) is 5.51. The van der Waals surface area contributed by atoms with Gasteiger partial charge in [0.2, 0.25) is 0 Å². The van der Waals surface area contributed by atoms with Gasteiger partial charge in [0.25, 0.3) is 0 Å². The number of thioether (sulfide) groups is 1. The van der Waals surface area contributed by atoms with E-state index in [1.54, 1.807) is 12.1 Å². The molecule has 2 nitrogen and oxygen atoms in total. The third kappa shape index (κ3) is 3.30. The standard InChI is InChI=1S/C12H12Cl2O2S/c1-16-12(15)11(7-2-3-7)17-8-4-5-9(13)10(14)6-8/h4-7,11H,2-3H2,1H3. The Labute approximate surface area is 115 Å². The summed E-state index contributed by atoms with van der Waals surface area (Å²) in [7, 11) is 1.42. The predicted molar refractivity (Wildman–Crippen MR) is 70.8 cm³/mol. The van der Waals surface area contributed by atoms with E-state index in [9.17, 15) is 4.79 Å². The Morgan fingerprint density at radius 1 is 1.41 bits per heavy atom. The highest BCUT2D eigenvalue weighted by atomic mass is 35.5. The molecule has 0 aliphatic heterocycles. The van der Waals surface area contributed by atoms with E-state index in [0.717, 1.165) is 17.7 Å². The Hall–Kier alpha value is -0.380. The van der Waals surface area contributed by atoms with Crippen molar-refractivity contribution in [1.29, 1.82) is 0 Å². The van der Waals surface area contributed by atoms with Crippen LogP contribution in [0.25, 0.3) is 0 Å². The molecule has 5 heteroatoms. The van der Waals surface area contributed by atoms with E-state index in [-0.39, 0.29) is 11.2 Å². The molecule has 1 saturated carbocycles. The molecule has 1 atom stereocenters. The smallest absolute Gasteiger partial charge is 0.319 e. The maximum atomic E-state index is 11.6. The maximum Gasteiger partial charge on any atom is 0.319 e. The van der Waals surface area contributed by atoms with Crippen molar-refractivity contribution in [2.75, 3.05) is 7.11 Å². The topological polar surface area (TPSA) is 26.3 Å². The zero-order valence-electron chi connectivity index (χ0n) is 9.28. The molecule has 1 aromatic carbocycles. The van der Waals surface area contributed by atoms with Gasteiger partial charge in [0.05, 0.1) is 17.2 Å². The average molecular weight is 291 g/mol. The van der Waals surface area contributed by atoms with Crippen LogP contribution >= 0.6 is 35.0 Å². The van der Waals surface area contributed by atoms with Crippen LogP contribution in [0.5, 0.6) is 0 Å². The van der Waals surface area contributed by atoms with Gasteiger partial charge in [-0.25, -0.2) is 0 Å². The van der Waals surface area contributed by atoms with Crippen molar-refractivity contribution in [3.8, 4) is 0 Å². The molecule has 0 N–H and O–H groups in total. The molecular weight excluding hydrogens is 279 g/mol. The summed E-state index contributed by atoms with van der Waals surface area (Å²) in [6.07, 6.45) is 2.18. The molecule has 0 spiro atoms. The van der Waals surface area contributed by atoms with Crippen LogP contribution in [0, 0.1) is 5.92 Å². The Morgan fingerprint density at radius 3 is 2.65 bits per heavy atom. The van der Waals surface area contributed by atoms with Crippen LogP contribution in [-0.4, -0.2) is 18.3 Å². The average Bonchev–Trinajstić information content (AvgIpc) is 3.13. The molecule has 1 aliphatic rings. The number of carbonyl (C=O) groups is 1. The molecule has 1 unspecified atom stereocenters. The van der Waals surface area contributed by atoms with Gasteiger partial charge < -0.3 is 4.74 Å². The lowest BCUT2D eigenvalue weighted by molar-refractivity contribution is -0.140. The summed E-state index contributed by atoms with van der Waals surface area (Å²) in [5, 5.41) is 0.908. The van der Waals surface area contributed by atoms with Crippen molar-refractivity contribution in [2.45, 2.75) is 23.0 Å². The lowest BCUT2D eigenvalue weighted by Crippen LogP contribution is -2.20. The number of esters is 1. The van der Waals surface area contributed by atoms with E-state index in [0.29, 0.717) is 16.0 Å². The minimum Gasteiger partial charge on any atom is -0.468 e. The fraction of sp³-hybridized carbons (Fsp3) is 0.417. The second-order valence-corrected chi connectivity index (χ2v) is 6.00. The number of rotatable bonds is 4. The number of hydrogen-bond donors (Lipinski definition) is 0. The second-order valence-electron chi connectivity index (χ2n) is 3.97. The molecule has 0 amide bonds. The number of methoxy groups -OCH3 is 1. The molecule has 1 aliphatic carbocycles. The molecule has 0 saturated heterocycles. The van der Waals surface area contributed by atoms with Gasteiger partial charge >= 0.3 is 5.97 Å². The van der Waals surface area contributed by atoms with Crippen LogP contribution in [0.15, 0.2) is 23.1 Å². The van der Waals surface area contributed by atoms with Crippen molar-refractivity contribution in [2.24, 2.45) is 5.92 Å². The van der Waals surface area contributed by atoms with E-state index in [1.165, 1.54) is 18.9 Å². The summed E-state index contributed by atoms with van der Waals surface area (Å²) in [5.41, 5.74) is 0. The minimum atomic E-state index is -0.163. The monoisotopic (exact) mass is 290 g/mol. The number of halogens is 2. The van der Waals surface area contributed by atoms with Crippen molar-refractivity contribution < 1.29 is 9.53 Å². The first kappa shape index (κ1) is 13.1. The summed E-state index contributed by atoms with van der Waals surface area (Å²) >= 11 is 13.3. The number of hydrogen-bond acceptors (Lipinski definition) is 3. The van der Waals surface area contributed by atoms with Crippen LogP contribution in [-0.2, 0) is 9.53 Å². The molecule has 0 bridgehead atoms. The molecule has 0 radical (unpaired) electrons. The highest BCUT2D eigenvalue weighted by Gasteiger charge is 2.37. The van der Waals surface area contributed by atoms with E-state index >= 15 is 0 Å². The summed E-state index contributed by atoms with van der Waals surface area (Å²) in [6, 6.07) is 5.40. The third-order valence-electron chi connectivity index (χ3n) is 2.64. The van der Waals surface area contributed by atoms with Crippen molar-refractivity contribution in [3.63, 3.8) is 0 Å². The van der Waals surface area contributed by atoms with Gasteiger partial charge in [-0.1, -0.05) is 23.2 Å². The Balaban J connectivity index is 2.11. The van der Waals surface area contributed by atoms with Gasteiger partial charge in [0.15, 0.2) is 0 Å². The summed E-state index contributed by atoms with van der Waals surface area (Å²) in [4.78, 5) is 12.6. The van der Waals surface area contributed by atoms with Crippen LogP contribution in [0.2, 0.25) is 10.0 Å². The third-order valence-corrected chi connectivity index (χ3v) is 4.73. The normalized spacial score (nSPS) is 16.6. The van der Waals surface area contributed by atoms with Gasteiger partial charge in [-0.05, 0) is 37.0 Å². The van der Waals surface area contributed by atoms with E-state index in [2.05, 4.69) is 0 Å². The summed E-state index contributed by atoms with van der Waals surface area (Å²) in [5.74, 6) is 0.269. The molecule has 17 heavy (non-hydrogen) atoms. The quantitative estimate of drug-likeness (QED) is 0.618. The van der Waals surface area contributed by atoms with Crippen LogP contribution < -0.4 is 0 Å². The van der Waals surface area contributed by atoms with Crippen LogP contribution in [0.3, 0.4) is 0 Å². The van der Waals surface area contributed by atoms with Gasteiger partial charge in [0.1, 0.15) is 5.25 Å². The molecule has 1 fully saturated rings. The Morgan fingerprint density at radius 2 is 2.12 bits per heavy atom. The molecule has 92 valence electrons. The number of carbonyl (C=O) groups excluding carboxylic acids is 1. The van der Waals surface area contributed by atoms with E-state index in [1.807, 2.05) is 6.07 Å². The summed E-state index contributed by atoms with van der Waals surface area (Å²) < 4.78 is 4.82. The lowest BCUT2D eigenvalue weighted by Gasteiger charge is -2.13. The minimum absolute atomic E-state index is 0.128. The summed E-state index contributed by atoms with van der Waals surface area (Å²) in [6.45, 7) is 0. The molecule has 2 rings (SSSR count). The number of ether oxygens (including phenoxy) is 1. The molecule has 0 heterocycles. The predicted octanol–water partition coefficient (Wildman–Crippen LogP) is 4.04. The van der Waals surface area contributed by atoms with Crippen molar-refractivity contribution in [3.05, 3.63) is 28.2 Å². The maximum absolute atomic E-state index is 11.6. The zero-order valence-corrected chi connectivity index (χ0v) is 11.6. The Kier molecular flexibility index (Phi) is 4.23. The fourth-order valence-corrected chi connectivity index (χ4v) is 3.19. The highest BCUT2D eigenvalue weighted by Crippen LogP contribution is 2.43. The molecule has 0 aromatic heterocycles. The SMILES string of the molecule is COC(=O)C(Sc1ccc(Cl)c(Cl)c1)C1CC1. The van der Waals surface area contributed by atoms with Gasteiger partial charge in [-0.3, -0.25) is 4.79 Å². The Bertz CT molecular complexity index is 433. The first-order chi connectivity index (χ1) is 8.11. The molecular formula is C12H12Cl2O2S. The zero-order chi connectivity index (χ0) is 12.4. The van der Waals surface area contributed by atoms with E-state index < -0.39 is 0 Å². The molecule has 1 aromatic rings. The van der Waals surface area contributed by atoms with Crippen molar-refractivity contribution in [1.82, 2.24) is 0 Å². The number of benzene rings is 1. The van der Waals surface area contributed by atoms with Gasteiger partial charge in [0, 0.05) is 4.90 Å². The van der Waals surface area contributed by atoms with Crippen LogP contribution in [0.1, 0.15) is 12.8 Å². The first-order valence-corrected chi connectivity index (χ1v) is 6.95. The fourth-order valence-electron chi connectivity index (χ4n) is 1.55. The van der Waals surface area contributed by atoms with Gasteiger partial charge in [-0.15, -0.1) is 11.8 Å². The largest absolute Gasteiger partial charge is 0.468 e. The van der Waals surface area contributed by atoms with Gasteiger partial charge in [-0.2, -0.15) is 0 Å².